The number of aryl methyl sites for hydroxylation is 1. The SMILES string of the molecule is Cc1nc(NS(=O)(=O)c2ccc(C(=O)O)cn2)n[nH]1. The Hall–Kier alpha value is -2.49. The van der Waals surface area contributed by atoms with E-state index in [0.29, 0.717) is 5.82 Å². The predicted molar refractivity (Wildman–Crippen MR) is 63.1 cm³/mol. The summed E-state index contributed by atoms with van der Waals surface area (Å²) in [5.41, 5.74) is -0.104. The molecule has 19 heavy (non-hydrogen) atoms. The summed E-state index contributed by atoms with van der Waals surface area (Å²) in [6.45, 7) is 1.62. The molecule has 3 N–H and O–H groups in total. The summed E-state index contributed by atoms with van der Waals surface area (Å²) < 4.78 is 25.9. The van der Waals surface area contributed by atoms with E-state index in [-0.39, 0.29) is 16.5 Å². The Morgan fingerprint density at radius 3 is 2.63 bits per heavy atom. The Balaban J connectivity index is 2.26. The van der Waals surface area contributed by atoms with Gasteiger partial charge in [0.25, 0.3) is 16.0 Å². The average Bonchev–Trinajstić information content (AvgIpc) is 2.74. The zero-order chi connectivity index (χ0) is 14.0. The Morgan fingerprint density at radius 2 is 2.16 bits per heavy atom. The third kappa shape index (κ3) is 2.85. The molecule has 0 aliphatic carbocycles. The number of H-pyrrole nitrogens is 1. The maximum Gasteiger partial charge on any atom is 0.337 e. The summed E-state index contributed by atoms with van der Waals surface area (Å²) in [6, 6.07) is 2.23. The summed E-state index contributed by atoms with van der Waals surface area (Å²) in [6.07, 6.45) is 0.958. The van der Waals surface area contributed by atoms with E-state index in [0.717, 1.165) is 18.3 Å². The first-order valence-electron chi connectivity index (χ1n) is 4.99. The van der Waals surface area contributed by atoms with Gasteiger partial charge >= 0.3 is 5.97 Å². The first-order chi connectivity index (χ1) is 8.88. The average molecular weight is 283 g/mol. The van der Waals surface area contributed by atoms with Gasteiger partial charge in [-0.05, 0) is 19.1 Å². The Morgan fingerprint density at radius 1 is 1.42 bits per heavy atom. The Kier molecular flexibility index (Phi) is 3.17. The molecule has 2 heterocycles. The minimum atomic E-state index is -3.94. The lowest BCUT2D eigenvalue weighted by molar-refractivity contribution is 0.0696. The van der Waals surface area contributed by atoms with Gasteiger partial charge in [-0.15, -0.1) is 5.10 Å². The van der Waals surface area contributed by atoms with E-state index in [1.54, 1.807) is 6.92 Å². The van der Waals surface area contributed by atoms with Crippen LogP contribution in [0.15, 0.2) is 23.4 Å². The van der Waals surface area contributed by atoms with Crippen LogP contribution in [0.2, 0.25) is 0 Å². The lowest BCUT2D eigenvalue weighted by Crippen LogP contribution is -2.15. The molecule has 2 aromatic rings. The molecule has 0 aliphatic rings. The Labute approximate surface area is 107 Å². The largest absolute Gasteiger partial charge is 0.478 e. The van der Waals surface area contributed by atoms with Crippen LogP contribution in [-0.4, -0.2) is 39.7 Å². The van der Waals surface area contributed by atoms with Crippen molar-refractivity contribution < 1.29 is 18.3 Å². The second-order valence-electron chi connectivity index (χ2n) is 3.54. The maximum atomic E-state index is 11.9. The molecular formula is C9H9N5O4S. The molecule has 0 aromatic carbocycles. The van der Waals surface area contributed by atoms with Crippen molar-refractivity contribution in [2.24, 2.45) is 0 Å². The number of aromatic nitrogens is 4. The molecule has 2 aromatic heterocycles. The second kappa shape index (κ2) is 4.65. The summed E-state index contributed by atoms with van der Waals surface area (Å²) in [5.74, 6) is -0.845. The molecule has 0 unspecified atom stereocenters. The molecule has 0 aliphatic heterocycles. The minimum absolute atomic E-state index is 0.104. The highest BCUT2D eigenvalue weighted by Gasteiger charge is 2.18. The summed E-state index contributed by atoms with van der Waals surface area (Å²) >= 11 is 0. The molecule has 2 rings (SSSR count). The number of hydrogen-bond acceptors (Lipinski definition) is 6. The molecule has 0 fully saturated rings. The number of anilines is 1. The number of rotatable bonds is 4. The van der Waals surface area contributed by atoms with Crippen molar-refractivity contribution in [3.8, 4) is 0 Å². The van der Waals surface area contributed by atoms with E-state index in [1.807, 2.05) is 0 Å². The molecule has 10 heteroatoms. The third-order valence-corrected chi connectivity index (χ3v) is 3.32. The van der Waals surface area contributed by atoms with Crippen LogP contribution in [0.25, 0.3) is 0 Å². The van der Waals surface area contributed by atoms with Crippen LogP contribution in [0, 0.1) is 6.92 Å². The first-order valence-corrected chi connectivity index (χ1v) is 6.48. The highest BCUT2D eigenvalue weighted by molar-refractivity contribution is 7.92. The first kappa shape index (κ1) is 13.0. The lowest BCUT2D eigenvalue weighted by Gasteiger charge is -2.03. The fourth-order valence-corrected chi connectivity index (χ4v) is 2.10. The number of sulfonamides is 1. The number of carbonyl (C=O) groups is 1. The van der Waals surface area contributed by atoms with Gasteiger partial charge in [-0.1, -0.05) is 0 Å². The minimum Gasteiger partial charge on any atom is -0.478 e. The fraction of sp³-hybridized carbons (Fsp3) is 0.111. The van der Waals surface area contributed by atoms with E-state index in [9.17, 15) is 13.2 Å². The molecule has 9 nitrogen and oxygen atoms in total. The van der Waals surface area contributed by atoms with Gasteiger partial charge < -0.3 is 5.11 Å². The van der Waals surface area contributed by atoms with E-state index >= 15 is 0 Å². The molecule has 0 atom stereocenters. The number of aromatic amines is 1. The zero-order valence-corrected chi connectivity index (χ0v) is 10.5. The summed E-state index contributed by atoms with van der Waals surface area (Å²) in [7, 11) is -3.94. The number of hydrogen-bond donors (Lipinski definition) is 3. The van der Waals surface area contributed by atoms with Crippen molar-refractivity contribution in [1.82, 2.24) is 20.2 Å². The monoisotopic (exact) mass is 283 g/mol. The Bertz CT molecular complexity index is 706. The molecule has 0 amide bonds. The van der Waals surface area contributed by atoms with Gasteiger partial charge in [-0.3, -0.25) is 5.10 Å². The summed E-state index contributed by atoms with van der Waals surface area (Å²) in [4.78, 5) is 18.0. The normalized spacial score (nSPS) is 11.2. The molecular weight excluding hydrogens is 274 g/mol. The molecule has 0 saturated carbocycles. The van der Waals surface area contributed by atoms with Gasteiger partial charge in [0, 0.05) is 6.20 Å². The van der Waals surface area contributed by atoms with Crippen LogP contribution in [-0.2, 0) is 10.0 Å². The highest BCUT2D eigenvalue weighted by Crippen LogP contribution is 2.11. The van der Waals surface area contributed by atoms with Crippen LogP contribution in [0.4, 0.5) is 5.95 Å². The van der Waals surface area contributed by atoms with Gasteiger partial charge in [0.1, 0.15) is 5.82 Å². The van der Waals surface area contributed by atoms with Crippen molar-refractivity contribution in [2.75, 3.05) is 4.72 Å². The van der Waals surface area contributed by atoms with Crippen molar-refractivity contribution in [3.05, 3.63) is 29.7 Å². The highest BCUT2D eigenvalue weighted by atomic mass is 32.2. The maximum absolute atomic E-state index is 11.9. The van der Waals surface area contributed by atoms with Gasteiger partial charge in [0.2, 0.25) is 0 Å². The standard InChI is InChI=1S/C9H9N5O4S/c1-5-11-9(13-12-5)14-19(17,18)7-3-2-6(4-10-7)8(15)16/h2-4H,1H3,(H,15,16)(H2,11,12,13,14). The van der Waals surface area contributed by atoms with E-state index in [2.05, 4.69) is 24.9 Å². The zero-order valence-electron chi connectivity index (χ0n) is 9.65. The molecule has 0 saturated heterocycles. The predicted octanol–water partition coefficient (Wildman–Crippen LogP) is 0.00712. The molecule has 0 bridgehead atoms. The van der Waals surface area contributed by atoms with Crippen molar-refractivity contribution in [2.45, 2.75) is 11.9 Å². The van der Waals surface area contributed by atoms with E-state index < -0.39 is 16.0 Å². The second-order valence-corrected chi connectivity index (χ2v) is 5.17. The number of carboxylic acids is 1. The van der Waals surface area contributed by atoms with E-state index in [4.69, 9.17) is 5.11 Å². The number of carboxylic acid groups (broad SMARTS) is 1. The van der Waals surface area contributed by atoms with Crippen molar-refractivity contribution in [1.29, 1.82) is 0 Å². The van der Waals surface area contributed by atoms with Crippen LogP contribution in [0.3, 0.4) is 0 Å². The third-order valence-electron chi connectivity index (χ3n) is 2.08. The van der Waals surface area contributed by atoms with Crippen LogP contribution < -0.4 is 4.72 Å². The van der Waals surface area contributed by atoms with Crippen LogP contribution >= 0.6 is 0 Å². The molecule has 0 spiro atoms. The van der Waals surface area contributed by atoms with Gasteiger partial charge in [0.05, 0.1) is 5.56 Å². The van der Waals surface area contributed by atoms with Gasteiger partial charge in [-0.25, -0.2) is 14.5 Å². The number of nitrogens with one attached hydrogen (secondary N) is 2. The van der Waals surface area contributed by atoms with Crippen LogP contribution in [0.1, 0.15) is 16.2 Å². The number of pyridine rings is 1. The lowest BCUT2D eigenvalue weighted by atomic mass is 10.3. The van der Waals surface area contributed by atoms with Crippen LogP contribution in [0.5, 0.6) is 0 Å². The smallest absolute Gasteiger partial charge is 0.337 e. The van der Waals surface area contributed by atoms with Gasteiger partial charge in [-0.2, -0.15) is 13.4 Å². The van der Waals surface area contributed by atoms with E-state index in [1.165, 1.54) is 0 Å². The fourth-order valence-electron chi connectivity index (χ4n) is 1.23. The molecule has 0 radical (unpaired) electrons. The number of aromatic carboxylic acids is 1. The van der Waals surface area contributed by atoms with Gasteiger partial charge in [0.15, 0.2) is 5.03 Å². The number of nitrogens with zero attached hydrogens (tertiary/aromatic N) is 3. The summed E-state index contributed by atoms with van der Waals surface area (Å²) in [5, 5.41) is 14.5. The quantitative estimate of drug-likeness (QED) is 0.718. The van der Waals surface area contributed by atoms with Crippen molar-refractivity contribution >= 4 is 21.9 Å². The topological polar surface area (TPSA) is 138 Å². The van der Waals surface area contributed by atoms with Crippen molar-refractivity contribution in [3.63, 3.8) is 0 Å². The molecule has 100 valence electrons.